The molecular weight excluding hydrogens is 178 g/mol. The molecule has 3 nitrogen and oxygen atoms in total. The normalized spacial score (nSPS) is 12.8. The van der Waals surface area contributed by atoms with Crippen LogP contribution < -0.4 is 0 Å². The molecule has 0 aliphatic rings. The predicted octanol–water partition coefficient (Wildman–Crippen LogP) is -0.796. The standard InChI is InChI=1S/C9H23N3Si/c1-10(2)8(11(3)4)7-9(13)12(5)6/h7,9H,1-6,13H3. The third kappa shape index (κ3) is 4.33. The summed E-state index contributed by atoms with van der Waals surface area (Å²) in [7, 11) is 13.7. The van der Waals surface area contributed by atoms with Gasteiger partial charge in [-0.05, 0) is 20.2 Å². The molecule has 0 fully saturated rings. The van der Waals surface area contributed by atoms with Gasteiger partial charge in [0.25, 0.3) is 0 Å². The number of rotatable bonds is 4. The molecule has 0 radical (unpaired) electrons. The summed E-state index contributed by atoms with van der Waals surface area (Å²) in [4.78, 5) is 6.54. The first kappa shape index (κ1) is 12.5. The summed E-state index contributed by atoms with van der Waals surface area (Å²) in [5.74, 6) is 1.27. The van der Waals surface area contributed by atoms with Crippen molar-refractivity contribution in [3.63, 3.8) is 0 Å². The van der Waals surface area contributed by atoms with Gasteiger partial charge < -0.3 is 14.7 Å². The molecule has 0 amide bonds. The van der Waals surface area contributed by atoms with Crippen LogP contribution in [0.25, 0.3) is 0 Å². The predicted molar refractivity (Wildman–Crippen MR) is 62.9 cm³/mol. The molecule has 0 saturated heterocycles. The third-order valence-electron chi connectivity index (χ3n) is 2.12. The third-order valence-corrected chi connectivity index (χ3v) is 3.49. The monoisotopic (exact) mass is 201 g/mol. The Morgan fingerprint density at radius 2 is 1.38 bits per heavy atom. The maximum Gasteiger partial charge on any atom is 0.0999 e. The van der Waals surface area contributed by atoms with Crippen molar-refractivity contribution in [2.24, 2.45) is 0 Å². The van der Waals surface area contributed by atoms with Gasteiger partial charge in [-0.2, -0.15) is 0 Å². The highest BCUT2D eigenvalue weighted by Gasteiger charge is 2.06. The fourth-order valence-electron chi connectivity index (χ4n) is 1.06. The summed E-state index contributed by atoms with van der Waals surface area (Å²) in [6.45, 7) is 0. The van der Waals surface area contributed by atoms with Crippen molar-refractivity contribution in [2.75, 3.05) is 42.3 Å². The molecule has 1 unspecified atom stereocenters. The lowest BCUT2D eigenvalue weighted by Crippen LogP contribution is -2.31. The topological polar surface area (TPSA) is 9.72 Å². The lowest BCUT2D eigenvalue weighted by atomic mass is 10.4. The first-order valence-corrected chi connectivity index (χ1v) is 5.74. The van der Waals surface area contributed by atoms with Gasteiger partial charge in [-0.1, -0.05) is 0 Å². The Bertz CT molecular complexity index is 166. The Morgan fingerprint density at radius 1 is 1.00 bits per heavy atom. The first-order chi connectivity index (χ1) is 5.86. The van der Waals surface area contributed by atoms with E-state index in [9.17, 15) is 0 Å². The van der Waals surface area contributed by atoms with Crippen molar-refractivity contribution in [1.82, 2.24) is 14.7 Å². The van der Waals surface area contributed by atoms with E-state index in [1.807, 2.05) is 0 Å². The van der Waals surface area contributed by atoms with Crippen LogP contribution in [0.4, 0.5) is 0 Å². The highest BCUT2D eigenvalue weighted by atomic mass is 28.1. The number of likely N-dealkylation sites (N-methyl/N-ethyl adjacent to an activating group) is 1. The van der Waals surface area contributed by atoms with Crippen molar-refractivity contribution in [2.45, 2.75) is 5.67 Å². The van der Waals surface area contributed by atoms with Gasteiger partial charge in [0.1, 0.15) is 0 Å². The van der Waals surface area contributed by atoms with Gasteiger partial charge in [-0.15, -0.1) is 0 Å². The minimum absolute atomic E-state index is 0.597. The van der Waals surface area contributed by atoms with E-state index in [0.29, 0.717) is 5.67 Å². The molecule has 0 N–H and O–H groups in total. The van der Waals surface area contributed by atoms with Gasteiger partial charge in [0.05, 0.1) is 5.82 Å². The minimum Gasteiger partial charge on any atom is -0.365 e. The van der Waals surface area contributed by atoms with Crippen LogP contribution in [0.5, 0.6) is 0 Å². The van der Waals surface area contributed by atoms with Crippen molar-refractivity contribution in [1.29, 1.82) is 0 Å². The van der Waals surface area contributed by atoms with E-state index in [2.05, 4.69) is 63.1 Å². The van der Waals surface area contributed by atoms with Crippen LogP contribution in [0.1, 0.15) is 0 Å². The lowest BCUT2D eigenvalue weighted by Gasteiger charge is -2.27. The van der Waals surface area contributed by atoms with Crippen molar-refractivity contribution < 1.29 is 0 Å². The SMILES string of the molecule is CN(C)C(=CC([SiH3])N(C)C)N(C)C. The van der Waals surface area contributed by atoms with Crippen LogP contribution in [0.2, 0.25) is 0 Å². The quantitative estimate of drug-likeness (QED) is 0.552. The fourth-order valence-corrected chi connectivity index (χ4v) is 1.36. The van der Waals surface area contributed by atoms with Crippen LogP contribution in [0, 0.1) is 0 Å². The zero-order valence-corrected chi connectivity index (χ0v) is 12.0. The van der Waals surface area contributed by atoms with Crippen LogP contribution in [-0.4, -0.2) is 72.9 Å². The summed E-state index contributed by atoms with van der Waals surface area (Å²) in [6.07, 6.45) is 2.31. The van der Waals surface area contributed by atoms with E-state index in [4.69, 9.17) is 0 Å². The number of hydrogen-bond acceptors (Lipinski definition) is 3. The smallest absolute Gasteiger partial charge is 0.0999 e. The van der Waals surface area contributed by atoms with Crippen LogP contribution in [-0.2, 0) is 0 Å². The van der Waals surface area contributed by atoms with Gasteiger partial charge in [0, 0.05) is 44.1 Å². The van der Waals surface area contributed by atoms with Crippen LogP contribution in [0.3, 0.4) is 0 Å². The minimum atomic E-state index is 0.597. The molecule has 0 aliphatic heterocycles. The molecule has 0 heterocycles. The molecular formula is C9H23N3Si. The van der Waals surface area contributed by atoms with E-state index in [1.54, 1.807) is 0 Å². The van der Waals surface area contributed by atoms with Crippen LogP contribution >= 0.6 is 0 Å². The van der Waals surface area contributed by atoms with Gasteiger partial charge in [-0.25, -0.2) is 0 Å². The molecule has 0 bridgehead atoms. The highest BCUT2D eigenvalue weighted by Crippen LogP contribution is 2.04. The Hall–Kier alpha value is -0.483. The molecule has 0 aromatic rings. The van der Waals surface area contributed by atoms with Crippen molar-refractivity contribution in [3.05, 3.63) is 11.9 Å². The largest absolute Gasteiger partial charge is 0.365 e. The molecule has 78 valence electrons. The molecule has 0 rings (SSSR count). The summed E-state index contributed by atoms with van der Waals surface area (Å²) >= 11 is 0. The van der Waals surface area contributed by atoms with E-state index in [-0.39, 0.29) is 0 Å². The highest BCUT2D eigenvalue weighted by molar-refractivity contribution is 6.13. The van der Waals surface area contributed by atoms with E-state index < -0.39 is 0 Å². The number of nitrogens with zero attached hydrogens (tertiary/aromatic N) is 3. The molecule has 1 atom stereocenters. The second kappa shape index (κ2) is 5.29. The Kier molecular flexibility index (Phi) is 5.09. The van der Waals surface area contributed by atoms with E-state index in [0.717, 1.165) is 10.2 Å². The Morgan fingerprint density at radius 3 is 1.62 bits per heavy atom. The fraction of sp³-hybridized carbons (Fsp3) is 0.778. The second-order valence-corrected chi connectivity index (χ2v) is 5.20. The lowest BCUT2D eigenvalue weighted by molar-refractivity contribution is 0.329. The van der Waals surface area contributed by atoms with E-state index >= 15 is 0 Å². The van der Waals surface area contributed by atoms with Gasteiger partial charge >= 0.3 is 0 Å². The molecule has 0 saturated carbocycles. The molecule has 0 aromatic heterocycles. The molecule has 0 aliphatic carbocycles. The van der Waals surface area contributed by atoms with Crippen molar-refractivity contribution >= 4 is 10.2 Å². The zero-order chi connectivity index (χ0) is 10.6. The Labute approximate surface area is 85.4 Å². The van der Waals surface area contributed by atoms with Gasteiger partial charge in [-0.3, -0.25) is 0 Å². The second-order valence-electron chi connectivity index (χ2n) is 4.02. The van der Waals surface area contributed by atoms with Crippen molar-refractivity contribution in [3.8, 4) is 0 Å². The summed E-state index contributed by atoms with van der Waals surface area (Å²) < 4.78 is 0. The van der Waals surface area contributed by atoms with E-state index in [1.165, 1.54) is 5.82 Å². The summed E-state index contributed by atoms with van der Waals surface area (Å²) in [6, 6.07) is 0. The molecule has 0 spiro atoms. The maximum atomic E-state index is 2.31. The summed E-state index contributed by atoms with van der Waals surface area (Å²) in [5.41, 5.74) is 0.597. The van der Waals surface area contributed by atoms with Gasteiger partial charge in [0.15, 0.2) is 0 Å². The Balaban J connectivity index is 4.53. The molecule has 13 heavy (non-hydrogen) atoms. The van der Waals surface area contributed by atoms with Gasteiger partial charge in [0.2, 0.25) is 0 Å². The average molecular weight is 201 g/mol. The average Bonchev–Trinajstić information content (AvgIpc) is 1.97. The first-order valence-electron chi connectivity index (χ1n) is 4.59. The molecule has 0 aromatic carbocycles. The number of hydrogen-bond donors (Lipinski definition) is 0. The van der Waals surface area contributed by atoms with Crippen LogP contribution in [0.15, 0.2) is 11.9 Å². The molecule has 4 heteroatoms. The zero-order valence-electron chi connectivity index (χ0n) is 10.00. The maximum absolute atomic E-state index is 2.31. The summed E-state index contributed by atoms with van der Waals surface area (Å²) in [5, 5.41) is 0.